The zero-order valence-corrected chi connectivity index (χ0v) is 29.1. The Morgan fingerprint density at radius 3 is 2.55 bits per heavy atom. The predicted octanol–water partition coefficient (Wildman–Crippen LogP) is 9.73. The summed E-state index contributed by atoms with van der Waals surface area (Å²) in [6.07, 6.45) is 22.0. The summed E-state index contributed by atoms with van der Waals surface area (Å²) in [4.78, 5) is 14.7. The monoisotopic (exact) mass is 671 g/mol. The van der Waals surface area contributed by atoms with Gasteiger partial charge in [-0.1, -0.05) is 128 Å². The van der Waals surface area contributed by atoms with Crippen LogP contribution < -0.4 is 16.2 Å². The first kappa shape index (κ1) is 30.4. The second-order valence-electron chi connectivity index (χ2n) is 13.3. The Labute approximate surface area is 295 Å². The number of rotatable bonds is 4. The number of nitrogens with zero attached hydrogens (tertiary/aromatic N) is 2. The molecule has 3 aliphatic carbocycles. The van der Waals surface area contributed by atoms with Crippen molar-refractivity contribution in [2.45, 2.75) is 55.3 Å². The summed E-state index contributed by atoms with van der Waals surface area (Å²) in [5, 5.41) is 3.66. The van der Waals surface area contributed by atoms with Crippen molar-refractivity contribution < 1.29 is 0 Å². The molecule has 0 amide bonds. The summed E-state index contributed by atoms with van der Waals surface area (Å²) in [5.74, 6) is 1.52. The van der Waals surface area contributed by atoms with E-state index in [9.17, 15) is 0 Å². The molecule has 3 aromatic carbocycles. The summed E-state index contributed by atoms with van der Waals surface area (Å²) >= 11 is 3.79. The lowest BCUT2D eigenvalue weighted by atomic mass is 9.88. The number of nitrogens with two attached hydrogens (primary N) is 1. The molecule has 5 aromatic rings. The first-order valence-corrected chi connectivity index (χ1v) is 18.9. The standard InChI is InChI=1S/C44H37N3S2/c1-27-31-14-7-9-20-39(31)48-42(27)35-17-6-5-16-33(35)41(45)29-22-24-30(25-23-29)44-46-37(28-12-3-2-4-13-28)26-38(47-44)36-19-11-18-34-32-15-8-10-21-40(32)49-43(34)36/h3,5-18,20-24,26-27,30,36H,2,4,19,25,45H2,1H3/b41-33-,42-35+. The third-order valence-electron chi connectivity index (χ3n) is 10.3. The van der Waals surface area contributed by atoms with Crippen LogP contribution in [-0.4, -0.2) is 9.97 Å². The maximum absolute atomic E-state index is 7.02. The lowest BCUT2D eigenvalue weighted by Crippen LogP contribution is -2.32. The number of thiophene rings is 1. The van der Waals surface area contributed by atoms with Gasteiger partial charge in [0.15, 0.2) is 0 Å². The van der Waals surface area contributed by atoms with Crippen molar-refractivity contribution in [1.82, 2.24) is 9.97 Å². The molecule has 3 nitrogen and oxygen atoms in total. The van der Waals surface area contributed by atoms with E-state index in [1.165, 1.54) is 46.7 Å². The lowest BCUT2D eigenvalue weighted by Gasteiger charge is -2.22. The topological polar surface area (TPSA) is 51.8 Å². The van der Waals surface area contributed by atoms with Crippen LogP contribution in [0.5, 0.6) is 0 Å². The second kappa shape index (κ2) is 12.6. The fourth-order valence-corrected chi connectivity index (χ4v) is 10.3. The smallest absolute Gasteiger partial charge is 0.136 e. The molecule has 240 valence electrons. The van der Waals surface area contributed by atoms with Crippen LogP contribution in [0.1, 0.15) is 83.6 Å². The van der Waals surface area contributed by atoms with Gasteiger partial charge in [0, 0.05) is 48.0 Å². The van der Waals surface area contributed by atoms with Crippen LogP contribution in [0.3, 0.4) is 0 Å². The SMILES string of the molecule is CC1/C(=c2/cccc/c2=C(/N)C2=CCC(c3nc(C4=CCCC=C4)cc(C4CC=Cc5c4sc4ccccc54)n3)C=C2)Sc2ccccc21. The van der Waals surface area contributed by atoms with E-state index in [0.717, 1.165) is 59.4 Å². The highest BCUT2D eigenvalue weighted by molar-refractivity contribution is 8.08. The van der Waals surface area contributed by atoms with Gasteiger partial charge in [-0.15, -0.1) is 11.3 Å². The van der Waals surface area contributed by atoms with Crippen molar-refractivity contribution in [1.29, 1.82) is 0 Å². The van der Waals surface area contributed by atoms with Crippen molar-refractivity contribution >= 4 is 55.4 Å². The summed E-state index contributed by atoms with van der Waals surface area (Å²) in [5.41, 5.74) is 15.0. The number of allylic oxidation sites excluding steroid dienone is 7. The maximum atomic E-state index is 7.02. The molecule has 0 radical (unpaired) electrons. The fraction of sp³-hybridized carbons (Fsp3) is 0.182. The van der Waals surface area contributed by atoms with Gasteiger partial charge in [-0.05, 0) is 76.8 Å². The third-order valence-corrected chi connectivity index (χ3v) is 13.0. The highest BCUT2D eigenvalue weighted by Crippen LogP contribution is 2.48. The van der Waals surface area contributed by atoms with E-state index in [4.69, 9.17) is 15.7 Å². The molecule has 0 fully saturated rings. The highest BCUT2D eigenvalue weighted by atomic mass is 32.2. The molecule has 3 atom stereocenters. The Bertz CT molecular complexity index is 2420. The normalized spacial score (nSPS) is 22.8. The number of fused-ring (bicyclic) bond motifs is 4. The molecule has 0 bridgehead atoms. The molecule has 9 rings (SSSR count). The van der Waals surface area contributed by atoms with Crippen molar-refractivity contribution in [3.63, 3.8) is 0 Å². The number of benzene rings is 3. The van der Waals surface area contributed by atoms with Gasteiger partial charge in [-0.25, -0.2) is 9.97 Å². The Morgan fingerprint density at radius 1 is 0.837 bits per heavy atom. The molecule has 3 heterocycles. The molecular formula is C44H37N3S2. The fourth-order valence-electron chi connectivity index (χ4n) is 7.65. The van der Waals surface area contributed by atoms with Crippen molar-refractivity contribution in [3.05, 3.63) is 171 Å². The van der Waals surface area contributed by atoms with E-state index < -0.39 is 0 Å². The van der Waals surface area contributed by atoms with Crippen molar-refractivity contribution in [3.8, 4) is 0 Å². The van der Waals surface area contributed by atoms with Crippen LogP contribution in [0, 0.1) is 0 Å². The Kier molecular flexibility index (Phi) is 7.83. The van der Waals surface area contributed by atoms with E-state index in [1.54, 1.807) is 0 Å². The zero-order chi connectivity index (χ0) is 32.9. The van der Waals surface area contributed by atoms with Gasteiger partial charge in [0.1, 0.15) is 5.82 Å². The highest BCUT2D eigenvalue weighted by Gasteiger charge is 2.28. The molecule has 2 aromatic heterocycles. The molecule has 0 saturated heterocycles. The lowest BCUT2D eigenvalue weighted by molar-refractivity contribution is 0.722. The quantitative estimate of drug-likeness (QED) is 0.207. The van der Waals surface area contributed by atoms with Crippen LogP contribution in [0.4, 0.5) is 0 Å². The average molecular weight is 672 g/mol. The maximum Gasteiger partial charge on any atom is 0.136 e. The van der Waals surface area contributed by atoms with Crippen LogP contribution in [0.15, 0.2) is 132 Å². The van der Waals surface area contributed by atoms with Crippen LogP contribution in [0.2, 0.25) is 0 Å². The summed E-state index contributed by atoms with van der Waals surface area (Å²) in [7, 11) is 0. The summed E-state index contributed by atoms with van der Waals surface area (Å²) in [6.45, 7) is 2.30. The molecule has 5 heteroatoms. The van der Waals surface area contributed by atoms with Gasteiger partial charge in [0.25, 0.3) is 0 Å². The van der Waals surface area contributed by atoms with E-state index in [2.05, 4.69) is 134 Å². The van der Waals surface area contributed by atoms with Gasteiger partial charge in [0.2, 0.25) is 0 Å². The van der Waals surface area contributed by atoms with Gasteiger partial charge < -0.3 is 5.73 Å². The Morgan fingerprint density at radius 2 is 1.69 bits per heavy atom. The average Bonchev–Trinajstić information content (AvgIpc) is 3.72. The number of aromatic nitrogens is 2. The molecule has 3 unspecified atom stereocenters. The molecule has 4 aliphatic rings. The van der Waals surface area contributed by atoms with Gasteiger partial charge >= 0.3 is 0 Å². The van der Waals surface area contributed by atoms with Gasteiger partial charge in [-0.3, -0.25) is 0 Å². The van der Waals surface area contributed by atoms with E-state index in [0.29, 0.717) is 5.92 Å². The van der Waals surface area contributed by atoms with E-state index in [1.807, 2.05) is 23.1 Å². The largest absolute Gasteiger partial charge is 0.398 e. The van der Waals surface area contributed by atoms with Gasteiger partial charge in [-0.2, -0.15) is 0 Å². The number of hydrogen-bond donors (Lipinski definition) is 1. The number of hydrogen-bond acceptors (Lipinski definition) is 5. The number of thioether (sulfide) groups is 1. The molecule has 1 aliphatic heterocycles. The van der Waals surface area contributed by atoms with Crippen LogP contribution >= 0.6 is 23.1 Å². The van der Waals surface area contributed by atoms with E-state index >= 15 is 0 Å². The Hall–Kier alpha value is -4.71. The molecule has 0 saturated carbocycles. The summed E-state index contributed by atoms with van der Waals surface area (Å²) < 4.78 is 1.34. The van der Waals surface area contributed by atoms with Crippen molar-refractivity contribution in [2.75, 3.05) is 0 Å². The third kappa shape index (κ3) is 5.46. The first-order valence-electron chi connectivity index (χ1n) is 17.3. The van der Waals surface area contributed by atoms with Crippen LogP contribution in [0.25, 0.3) is 32.3 Å². The minimum atomic E-state index is 0.0777. The predicted molar refractivity (Wildman–Crippen MR) is 208 cm³/mol. The Balaban J connectivity index is 1.08. The minimum absolute atomic E-state index is 0.0777. The molecular weight excluding hydrogens is 635 g/mol. The van der Waals surface area contributed by atoms with E-state index in [-0.39, 0.29) is 11.8 Å². The van der Waals surface area contributed by atoms with Crippen LogP contribution in [-0.2, 0) is 0 Å². The first-order chi connectivity index (χ1) is 24.1. The van der Waals surface area contributed by atoms with Crippen molar-refractivity contribution in [2.24, 2.45) is 5.73 Å². The minimum Gasteiger partial charge on any atom is -0.398 e. The summed E-state index contributed by atoms with van der Waals surface area (Å²) in [6, 6.07) is 28.3. The van der Waals surface area contributed by atoms with Gasteiger partial charge in [0.05, 0.1) is 11.4 Å². The molecule has 49 heavy (non-hydrogen) atoms. The second-order valence-corrected chi connectivity index (χ2v) is 15.5. The zero-order valence-electron chi connectivity index (χ0n) is 27.5. The molecule has 0 spiro atoms. The molecule has 2 N–H and O–H groups in total.